The van der Waals surface area contributed by atoms with Gasteiger partial charge in [-0.2, -0.15) is 0 Å². The van der Waals surface area contributed by atoms with Crippen LogP contribution in [0.2, 0.25) is 0 Å². The van der Waals surface area contributed by atoms with Gasteiger partial charge in [0.15, 0.2) is 0 Å². The molecule has 0 aromatic carbocycles. The second kappa shape index (κ2) is 13.8. The van der Waals surface area contributed by atoms with Gasteiger partial charge in [0.1, 0.15) is 6.10 Å². The summed E-state index contributed by atoms with van der Waals surface area (Å²) in [7, 11) is 0. The summed E-state index contributed by atoms with van der Waals surface area (Å²) in [6, 6.07) is 0. The average Bonchev–Trinajstić information content (AvgIpc) is 3.42. The van der Waals surface area contributed by atoms with E-state index in [1.165, 1.54) is 32.1 Å². The van der Waals surface area contributed by atoms with Gasteiger partial charge < -0.3 is 23.7 Å². The Hall–Kier alpha value is -0.200. The summed E-state index contributed by atoms with van der Waals surface area (Å²) in [5.74, 6) is -1.00. The van der Waals surface area contributed by atoms with Gasteiger partial charge in [-0.1, -0.05) is 45.4 Å². The van der Waals surface area contributed by atoms with E-state index in [2.05, 4.69) is 69.2 Å². The van der Waals surface area contributed by atoms with Crippen molar-refractivity contribution in [2.24, 2.45) is 5.92 Å². The van der Waals surface area contributed by atoms with Gasteiger partial charge in [-0.3, -0.25) is 0 Å². The fourth-order valence-corrected chi connectivity index (χ4v) is 4.07. The summed E-state index contributed by atoms with van der Waals surface area (Å²) >= 11 is 0. The Morgan fingerprint density at radius 3 is 1.61 bits per heavy atom. The van der Waals surface area contributed by atoms with Crippen molar-refractivity contribution in [1.82, 2.24) is 0 Å². The maximum Gasteiger partial charge on any atom is 0.287 e. The molecular weight excluding hydrogens is 416 g/mol. The molecule has 1 heterocycles. The van der Waals surface area contributed by atoms with Gasteiger partial charge in [0, 0.05) is 12.5 Å². The standard InChI is InChI=1S/C28H56O5/c1-11-12-13-14-15-16-18-23(19-17-20-29-21-24-22-30-24)28(31-25(2,3)4,32-26(5,6)7)33-27(8,9)10/h23-24H,11-22H2,1-10H3. The molecule has 0 aromatic rings. The minimum atomic E-state index is -1.11. The zero-order valence-corrected chi connectivity index (χ0v) is 23.7. The molecule has 0 aliphatic carbocycles. The zero-order valence-electron chi connectivity index (χ0n) is 23.7. The third-order valence-corrected chi connectivity index (χ3v) is 5.30. The van der Waals surface area contributed by atoms with Gasteiger partial charge in [0.25, 0.3) is 5.97 Å². The van der Waals surface area contributed by atoms with Crippen molar-refractivity contribution in [2.75, 3.05) is 19.8 Å². The van der Waals surface area contributed by atoms with Crippen molar-refractivity contribution < 1.29 is 23.7 Å². The van der Waals surface area contributed by atoms with Crippen molar-refractivity contribution in [3.05, 3.63) is 0 Å². The summed E-state index contributed by atoms with van der Waals surface area (Å²) in [6.45, 7) is 23.3. The zero-order chi connectivity index (χ0) is 25.2. The van der Waals surface area contributed by atoms with E-state index < -0.39 is 22.8 Å². The lowest BCUT2D eigenvalue weighted by Crippen LogP contribution is -2.56. The fraction of sp³-hybridized carbons (Fsp3) is 1.00. The Bertz CT molecular complexity index is 467. The Morgan fingerprint density at radius 1 is 0.697 bits per heavy atom. The normalized spacial score (nSPS) is 18.5. The Morgan fingerprint density at radius 2 is 1.15 bits per heavy atom. The van der Waals surface area contributed by atoms with Gasteiger partial charge in [0.2, 0.25) is 0 Å². The molecule has 0 amide bonds. The highest BCUT2D eigenvalue weighted by Gasteiger charge is 2.50. The van der Waals surface area contributed by atoms with Crippen LogP contribution in [0.4, 0.5) is 0 Å². The molecule has 0 radical (unpaired) electrons. The number of hydrogen-bond donors (Lipinski definition) is 0. The SMILES string of the molecule is CCCCCCCCC(CCCOCC1CO1)C(OC(C)(C)C)(OC(C)(C)C)OC(C)(C)C. The van der Waals surface area contributed by atoms with Crippen LogP contribution in [-0.4, -0.2) is 48.7 Å². The van der Waals surface area contributed by atoms with Crippen LogP contribution in [0.15, 0.2) is 0 Å². The highest BCUT2D eigenvalue weighted by atomic mass is 16.9. The highest BCUT2D eigenvalue weighted by molar-refractivity contribution is 4.82. The van der Waals surface area contributed by atoms with Crippen LogP contribution in [0.1, 0.15) is 127 Å². The molecule has 0 spiro atoms. The number of ether oxygens (including phenoxy) is 5. The molecular formula is C28H56O5. The smallest absolute Gasteiger partial charge is 0.287 e. The van der Waals surface area contributed by atoms with Crippen molar-refractivity contribution in [1.29, 1.82) is 0 Å². The number of rotatable bonds is 17. The molecule has 5 nitrogen and oxygen atoms in total. The van der Waals surface area contributed by atoms with E-state index in [0.29, 0.717) is 12.7 Å². The summed E-state index contributed by atoms with van der Waals surface area (Å²) in [6.07, 6.45) is 10.8. The second-order valence-electron chi connectivity index (χ2n) is 12.7. The third kappa shape index (κ3) is 15.4. The molecule has 33 heavy (non-hydrogen) atoms. The van der Waals surface area contributed by atoms with Gasteiger partial charge in [-0.15, -0.1) is 0 Å². The molecule has 1 rings (SSSR count). The van der Waals surface area contributed by atoms with Gasteiger partial charge in [-0.25, -0.2) is 0 Å². The van der Waals surface area contributed by atoms with Crippen molar-refractivity contribution >= 4 is 0 Å². The molecule has 0 bridgehead atoms. The van der Waals surface area contributed by atoms with Crippen LogP contribution in [0.3, 0.4) is 0 Å². The largest absolute Gasteiger partial charge is 0.379 e. The van der Waals surface area contributed by atoms with E-state index in [1.54, 1.807) is 0 Å². The van der Waals surface area contributed by atoms with E-state index in [4.69, 9.17) is 23.7 Å². The number of unbranched alkanes of at least 4 members (excludes halogenated alkanes) is 5. The maximum absolute atomic E-state index is 6.74. The topological polar surface area (TPSA) is 49.5 Å². The van der Waals surface area contributed by atoms with Crippen LogP contribution in [0.5, 0.6) is 0 Å². The minimum absolute atomic E-state index is 0.113. The summed E-state index contributed by atoms with van der Waals surface area (Å²) < 4.78 is 31.3. The summed E-state index contributed by atoms with van der Waals surface area (Å²) in [5, 5.41) is 0. The Balaban J connectivity index is 3.03. The van der Waals surface area contributed by atoms with Crippen molar-refractivity contribution in [3.63, 3.8) is 0 Å². The molecule has 0 N–H and O–H groups in total. The molecule has 1 aliphatic heterocycles. The van der Waals surface area contributed by atoms with Crippen LogP contribution < -0.4 is 0 Å². The van der Waals surface area contributed by atoms with Crippen molar-refractivity contribution in [2.45, 2.75) is 156 Å². The minimum Gasteiger partial charge on any atom is -0.379 e. The number of hydrogen-bond acceptors (Lipinski definition) is 5. The highest BCUT2D eigenvalue weighted by Crippen LogP contribution is 2.42. The van der Waals surface area contributed by atoms with E-state index in [1.807, 2.05) is 0 Å². The second-order valence-corrected chi connectivity index (χ2v) is 12.7. The number of epoxide rings is 1. The van der Waals surface area contributed by atoms with Gasteiger partial charge >= 0.3 is 0 Å². The predicted octanol–water partition coefficient (Wildman–Crippen LogP) is 7.65. The quantitative estimate of drug-likeness (QED) is 0.124. The molecule has 1 aliphatic rings. The molecule has 2 unspecified atom stereocenters. The summed E-state index contributed by atoms with van der Waals surface area (Å²) in [4.78, 5) is 0. The first-order chi connectivity index (χ1) is 15.2. The molecule has 0 saturated carbocycles. The van der Waals surface area contributed by atoms with E-state index in [9.17, 15) is 0 Å². The summed E-state index contributed by atoms with van der Waals surface area (Å²) in [5.41, 5.74) is -1.22. The Labute approximate surface area is 205 Å². The monoisotopic (exact) mass is 472 g/mol. The molecule has 198 valence electrons. The van der Waals surface area contributed by atoms with Crippen LogP contribution in [0.25, 0.3) is 0 Å². The molecule has 0 aromatic heterocycles. The molecule has 1 fully saturated rings. The lowest BCUT2D eigenvalue weighted by Gasteiger charge is -2.49. The van der Waals surface area contributed by atoms with Crippen LogP contribution >= 0.6 is 0 Å². The molecule has 2 atom stereocenters. The van der Waals surface area contributed by atoms with E-state index in [0.717, 1.165) is 38.9 Å². The van der Waals surface area contributed by atoms with E-state index in [-0.39, 0.29) is 5.92 Å². The fourth-order valence-electron chi connectivity index (χ4n) is 4.07. The molecule has 1 saturated heterocycles. The first-order valence-electron chi connectivity index (χ1n) is 13.5. The average molecular weight is 473 g/mol. The van der Waals surface area contributed by atoms with E-state index >= 15 is 0 Å². The first-order valence-corrected chi connectivity index (χ1v) is 13.5. The van der Waals surface area contributed by atoms with Gasteiger partial charge in [-0.05, 0) is 81.6 Å². The maximum atomic E-state index is 6.74. The third-order valence-electron chi connectivity index (χ3n) is 5.30. The first kappa shape index (κ1) is 30.8. The predicted molar refractivity (Wildman–Crippen MR) is 137 cm³/mol. The molecule has 5 heteroatoms. The van der Waals surface area contributed by atoms with Crippen LogP contribution in [0, 0.1) is 5.92 Å². The Kier molecular flexibility index (Phi) is 12.9. The van der Waals surface area contributed by atoms with Gasteiger partial charge in [0.05, 0.1) is 30.0 Å². The van der Waals surface area contributed by atoms with Crippen molar-refractivity contribution in [3.8, 4) is 0 Å². The lowest BCUT2D eigenvalue weighted by atomic mass is 9.91. The van der Waals surface area contributed by atoms with Crippen LogP contribution in [-0.2, 0) is 23.7 Å². The lowest BCUT2D eigenvalue weighted by molar-refractivity contribution is -0.468.